The van der Waals surface area contributed by atoms with E-state index < -0.39 is 5.97 Å². The highest BCUT2D eigenvalue weighted by atomic mass is 16.4. The molecule has 1 atom stereocenters. The second-order valence-electron chi connectivity index (χ2n) is 4.73. The molecule has 0 spiro atoms. The van der Waals surface area contributed by atoms with Crippen LogP contribution < -0.4 is 5.32 Å². The molecule has 0 amide bonds. The number of carboxylic acid groups (broad SMARTS) is 1. The minimum absolute atomic E-state index is 0.0980. The Labute approximate surface area is 102 Å². The van der Waals surface area contributed by atoms with Crippen molar-refractivity contribution >= 4 is 5.97 Å². The van der Waals surface area contributed by atoms with Gasteiger partial charge in [-0.05, 0) is 31.4 Å². The van der Waals surface area contributed by atoms with Crippen LogP contribution in [0.5, 0.6) is 0 Å². The number of nitrogens with one attached hydrogen (secondary N) is 1. The van der Waals surface area contributed by atoms with Gasteiger partial charge in [-0.2, -0.15) is 0 Å². The van der Waals surface area contributed by atoms with Gasteiger partial charge in [0.15, 0.2) is 0 Å². The van der Waals surface area contributed by atoms with Gasteiger partial charge in [-0.25, -0.2) is 9.78 Å². The number of aromatic carboxylic acids is 1. The van der Waals surface area contributed by atoms with Crippen LogP contribution in [0.25, 0.3) is 0 Å². The van der Waals surface area contributed by atoms with E-state index >= 15 is 0 Å². The predicted molar refractivity (Wildman–Crippen MR) is 67.0 cm³/mol. The third-order valence-electron chi connectivity index (χ3n) is 2.48. The molecule has 2 N–H and O–H groups in total. The van der Waals surface area contributed by atoms with Gasteiger partial charge in [-0.3, -0.25) is 0 Å². The summed E-state index contributed by atoms with van der Waals surface area (Å²) in [4.78, 5) is 14.8. The van der Waals surface area contributed by atoms with E-state index in [0.717, 1.165) is 12.1 Å². The van der Waals surface area contributed by atoms with Crippen molar-refractivity contribution in [1.82, 2.24) is 10.3 Å². The monoisotopic (exact) mass is 236 g/mol. The Kier molecular flexibility index (Phi) is 5.10. The number of hydrogen-bond donors (Lipinski definition) is 2. The SMILES string of the molecule is CC(C)CC(C)NCc1cccc(C(=O)O)n1. The second-order valence-corrected chi connectivity index (χ2v) is 4.73. The Bertz CT molecular complexity index is 377. The summed E-state index contributed by atoms with van der Waals surface area (Å²) in [6.45, 7) is 7.10. The summed E-state index contributed by atoms with van der Waals surface area (Å²) in [5.74, 6) is -0.335. The van der Waals surface area contributed by atoms with Crippen molar-refractivity contribution in [2.24, 2.45) is 5.92 Å². The largest absolute Gasteiger partial charge is 0.477 e. The van der Waals surface area contributed by atoms with Gasteiger partial charge in [0.1, 0.15) is 5.69 Å². The summed E-state index contributed by atoms with van der Waals surface area (Å²) < 4.78 is 0. The van der Waals surface area contributed by atoms with Crippen LogP contribution in [0, 0.1) is 5.92 Å². The molecule has 1 aromatic rings. The van der Waals surface area contributed by atoms with E-state index in [9.17, 15) is 4.79 Å². The smallest absolute Gasteiger partial charge is 0.354 e. The predicted octanol–water partition coefficient (Wildman–Crippen LogP) is 2.30. The number of pyridine rings is 1. The maximum Gasteiger partial charge on any atom is 0.354 e. The molecule has 0 radical (unpaired) electrons. The van der Waals surface area contributed by atoms with Crippen molar-refractivity contribution < 1.29 is 9.90 Å². The van der Waals surface area contributed by atoms with Crippen molar-refractivity contribution in [2.45, 2.75) is 39.8 Å². The molecule has 0 saturated heterocycles. The van der Waals surface area contributed by atoms with Crippen LogP contribution in [-0.4, -0.2) is 22.1 Å². The molecule has 0 aromatic carbocycles. The zero-order valence-electron chi connectivity index (χ0n) is 10.6. The lowest BCUT2D eigenvalue weighted by Crippen LogP contribution is -2.27. The summed E-state index contributed by atoms with van der Waals surface area (Å²) in [5.41, 5.74) is 0.862. The van der Waals surface area contributed by atoms with Crippen LogP contribution in [0.2, 0.25) is 0 Å². The summed E-state index contributed by atoms with van der Waals surface area (Å²) in [6.07, 6.45) is 1.10. The molecular weight excluding hydrogens is 216 g/mol. The summed E-state index contributed by atoms with van der Waals surface area (Å²) in [5, 5.41) is 12.2. The quantitative estimate of drug-likeness (QED) is 0.795. The van der Waals surface area contributed by atoms with Crippen molar-refractivity contribution in [3.63, 3.8) is 0 Å². The minimum atomic E-state index is -0.984. The molecule has 4 nitrogen and oxygen atoms in total. The number of rotatable bonds is 6. The Balaban J connectivity index is 2.51. The van der Waals surface area contributed by atoms with Gasteiger partial charge < -0.3 is 10.4 Å². The van der Waals surface area contributed by atoms with Crippen molar-refractivity contribution in [2.75, 3.05) is 0 Å². The Hall–Kier alpha value is -1.42. The van der Waals surface area contributed by atoms with Crippen LogP contribution in [0.15, 0.2) is 18.2 Å². The summed E-state index contributed by atoms with van der Waals surface area (Å²) in [6, 6.07) is 5.47. The molecule has 0 aliphatic carbocycles. The molecule has 0 saturated carbocycles. The molecule has 1 unspecified atom stereocenters. The van der Waals surface area contributed by atoms with Gasteiger partial charge in [0.2, 0.25) is 0 Å². The third-order valence-corrected chi connectivity index (χ3v) is 2.48. The lowest BCUT2D eigenvalue weighted by Gasteiger charge is -2.15. The zero-order valence-corrected chi connectivity index (χ0v) is 10.6. The Morgan fingerprint density at radius 2 is 2.12 bits per heavy atom. The van der Waals surface area contributed by atoms with E-state index in [2.05, 4.69) is 31.1 Å². The van der Waals surface area contributed by atoms with E-state index in [4.69, 9.17) is 5.11 Å². The van der Waals surface area contributed by atoms with Crippen LogP contribution >= 0.6 is 0 Å². The second kappa shape index (κ2) is 6.35. The number of hydrogen-bond acceptors (Lipinski definition) is 3. The fourth-order valence-corrected chi connectivity index (χ4v) is 1.77. The topological polar surface area (TPSA) is 62.2 Å². The number of aromatic nitrogens is 1. The van der Waals surface area contributed by atoms with Gasteiger partial charge in [0.05, 0.1) is 5.69 Å². The van der Waals surface area contributed by atoms with Gasteiger partial charge >= 0.3 is 5.97 Å². The van der Waals surface area contributed by atoms with E-state index in [-0.39, 0.29) is 5.69 Å². The molecule has 1 rings (SSSR count). The van der Waals surface area contributed by atoms with E-state index in [0.29, 0.717) is 18.5 Å². The standard InChI is InChI=1S/C13H20N2O2/c1-9(2)7-10(3)14-8-11-5-4-6-12(15-11)13(16)17/h4-6,9-10,14H,7-8H2,1-3H3,(H,16,17). The average molecular weight is 236 g/mol. The molecule has 1 heterocycles. The highest BCUT2D eigenvalue weighted by Gasteiger charge is 2.07. The fraction of sp³-hybridized carbons (Fsp3) is 0.538. The molecule has 94 valence electrons. The van der Waals surface area contributed by atoms with Crippen LogP contribution in [0.4, 0.5) is 0 Å². The van der Waals surface area contributed by atoms with E-state index in [1.165, 1.54) is 6.07 Å². The first-order chi connectivity index (χ1) is 7.99. The summed E-state index contributed by atoms with van der Waals surface area (Å²) >= 11 is 0. The summed E-state index contributed by atoms with van der Waals surface area (Å²) in [7, 11) is 0. The lowest BCUT2D eigenvalue weighted by molar-refractivity contribution is 0.0690. The molecular formula is C13H20N2O2. The Morgan fingerprint density at radius 1 is 1.41 bits per heavy atom. The number of carbonyl (C=O) groups is 1. The molecule has 0 aliphatic heterocycles. The molecule has 0 bridgehead atoms. The average Bonchev–Trinajstić information content (AvgIpc) is 2.26. The van der Waals surface area contributed by atoms with E-state index in [1.807, 2.05) is 6.07 Å². The zero-order chi connectivity index (χ0) is 12.8. The molecule has 0 aliphatic rings. The normalized spacial score (nSPS) is 12.7. The number of nitrogens with zero attached hydrogens (tertiary/aromatic N) is 1. The van der Waals surface area contributed by atoms with Gasteiger partial charge in [-0.15, -0.1) is 0 Å². The van der Waals surface area contributed by atoms with Crippen LogP contribution in [-0.2, 0) is 6.54 Å². The first-order valence-electron chi connectivity index (χ1n) is 5.91. The van der Waals surface area contributed by atoms with Gasteiger partial charge in [0, 0.05) is 12.6 Å². The maximum atomic E-state index is 10.8. The lowest BCUT2D eigenvalue weighted by atomic mass is 10.1. The van der Waals surface area contributed by atoms with Crippen molar-refractivity contribution in [1.29, 1.82) is 0 Å². The third kappa shape index (κ3) is 4.95. The number of carboxylic acids is 1. The van der Waals surface area contributed by atoms with Gasteiger partial charge in [-0.1, -0.05) is 19.9 Å². The Morgan fingerprint density at radius 3 is 2.71 bits per heavy atom. The molecule has 4 heteroatoms. The molecule has 1 aromatic heterocycles. The van der Waals surface area contributed by atoms with Crippen molar-refractivity contribution in [3.8, 4) is 0 Å². The first-order valence-corrected chi connectivity index (χ1v) is 5.91. The fourth-order valence-electron chi connectivity index (χ4n) is 1.77. The highest BCUT2D eigenvalue weighted by Crippen LogP contribution is 2.05. The molecule has 17 heavy (non-hydrogen) atoms. The van der Waals surface area contributed by atoms with Crippen LogP contribution in [0.1, 0.15) is 43.4 Å². The minimum Gasteiger partial charge on any atom is -0.477 e. The van der Waals surface area contributed by atoms with Crippen LogP contribution in [0.3, 0.4) is 0 Å². The highest BCUT2D eigenvalue weighted by molar-refractivity contribution is 5.85. The van der Waals surface area contributed by atoms with Gasteiger partial charge in [0.25, 0.3) is 0 Å². The molecule has 0 fully saturated rings. The van der Waals surface area contributed by atoms with Crippen molar-refractivity contribution in [3.05, 3.63) is 29.6 Å². The maximum absolute atomic E-state index is 10.8. The first kappa shape index (κ1) is 13.6. The van der Waals surface area contributed by atoms with E-state index in [1.54, 1.807) is 6.07 Å².